The smallest absolute Gasteiger partial charge is 0.0684 e. The summed E-state index contributed by atoms with van der Waals surface area (Å²) < 4.78 is 0. The number of aliphatic hydroxyl groups is 1. The van der Waals surface area contributed by atoms with Gasteiger partial charge in [0.05, 0.1) is 18.8 Å². The van der Waals surface area contributed by atoms with E-state index in [1.165, 1.54) is 5.69 Å². The Kier molecular flexibility index (Phi) is 4.74. The van der Waals surface area contributed by atoms with Crippen LogP contribution in [0.1, 0.15) is 29.4 Å². The topological polar surface area (TPSA) is 36.4 Å². The predicted octanol–water partition coefficient (Wildman–Crippen LogP) is 3.22. The molecule has 1 heterocycles. The van der Waals surface area contributed by atoms with Crippen molar-refractivity contribution >= 4 is 5.69 Å². The first-order valence-electron chi connectivity index (χ1n) is 7.02. The Balaban J connectivity index is 2.22. The molecule has 0 unspecified atom stereocenters. The lowest BCUT2D eigenvalue weighted by Crippen LogP contribution is -2.22. The first-order chi connectivity index (χ1) is 9.63. The van der Waals surface area contributed by atoms with Gasteiger partial charge < -0.3 is 10.0 Å². The van der Waals surface area contributed by atoms with Crippen LogP contribution in [0, 0.1) is 13.8 Å². The highest BCUT2D eigenvalue weighted by atomic mass is 16.3. The molecule has 0 fully saturated rings. The van der Waals surface area contributed by atoms with Gasteiger partial charge in [0.25, 0.3) is 0 Å². The lowest BCUT2D eigenvalue weighted by atomic mass is 10.1. The Labute approximate surface area is 120 Å². The second kappa shape index (κ2) is 6.53. The zero-order valence-electron chi connectivity index (χ0n) is 12.4. The predicted molar refractivity (Wildman–Crippen MR) is 82.8 cm³/mol. The van der Waals surface area contributed by atoms with Gasteiger partial charge in [-0.05, 0) is 56.2 Å². The van der Waals surface area contributed by atoms with Crippen LogP contribution < -0.4 is 4.90 Å². The van der Waals surface area contributed by atoms with Crippen LogP contribution in [0.25, 0.3) is 0 Å². The molecule has 0 amide bonds. The first kappa shape index (κ1) is 14.5. The zero-order chi connectivity index (χ0) is 14.5. The highest BCUT2D eigenvalue weighted by Gasteiger charge is 2.08. The maximum atomic E-state index is 9.25. The Bertz CT molecular complexity index is 581. The van der Waals surface area contributed by atoms with Crippen LogP contribution in [0.15, 0.2) is 36.4 Å². The maximum absolute atomic E-state index is 9.25. The van der Waals surface area contributed by atoms with Crippen molar-refractivity contribution in [1.82, 2.24) is 4.98 Å². The second-order valence-corrected chi connectivity index (χ2v) is 5.05. The SMILES string of the molecule is CCN(Cc1cccc(C)n1)c1ccc(CO)c(C)c1. The quantitative estimate of drug-likeness (QED) is 0.906. The van der Waals surface area contributed by atoms with Crippen molar-refractivity contribution in [3.8, 4) is 0 Å². The van der Waals surface area contributed by atoms with Gasteiger partial charge in [-0.3, -0.25) is 4.98 Å². The summed E-state index contributed by atoms with van der Waals surface area (Å²) in [6, 6.07) is 12.3. The highest BCUT2D eigenvalue weighted by Crippen LogP contribution is 2.21. The Hall–Kier alpha value is -1.87. The number of anilines is 1. The molecule has 2 rings (SSSR count). The summed E-state index contributed by atoms with van der Waals surface area (Å²) in [5.74, 6) is 0. The highest BCUT2D eigenvalue weighted by molar-refractivity contribution is 5.50. The Morgan fingerprint density at radius 2 is 1.95 bits per heavy atom. The number of nitrogens with zero attached hydrogens (tertiary/aromatic N) is 2. The van der Waals surface area contributed by atoms with E-state index < -0.39 is 0 Å². The molecule has 106 valence electrons. The van der Waals surface area contributed by atoms with Gasteiger partial charge in [0.15, 0.2) is 0 Å². The number of pyridine rings is 1. The van der Waals surface area contributed by atoms with Crippen LogP contribution in [0.2, 0.25) is 0 Å². The van der Waals surface area contributed by atoms with Crippen molar-refractivity contribution in [2.45, 2.75) is 33.9 Å². The van der Waals surface area contributed by atoms with Gasteiger partial charge in [0, 0.05) is 17.9 Å². The number of aromatic nitrogens is 1. The van der Waals surface area contributed by atoms with Crippen molar-refractivity contribution in [2.24, 2.45) is 0 Å². The lowest BCUT2D eigenvalue weighted by molar-refractivity contribution is 0.281. The van der Waals surface area contributed by atoms with Crippen LogP contribution in [-0.2, 0) is 13.2 Å². The van der Waals surface area contributed by atoms with Gasteiger partial charge in [0.2, 0.25) is 0 Å². The van der Waals surface area contributed by atoms with Crippen molar-refractivity contribution in [1.29, 1.82) is 0 Å². The Morgan fingerprint density at radius 1 is 1.15 bits per heavy atom. The zero-order valence-corrected chi connectivity index (χ0v) is 12.4. The van der Waals surface area contributed by atoms with Gasteiger partial charge in [-0.25, -0.2) is 0 Å². The van der Waals surface area contributed by atoms with E-state index in [-0.39, 0.29) is 6.61 Å². The monoisotopic (exact) mass is 270 g/mol. The van der Waals surface area contributed by atoms with Crippen LogP contribution >= 0.6 is 0 Å². The molecule has 3 heteroatoms. The number of hydrogen-bond donors (Lipinski definition) is 1. The summed E-state index contributed by atoms with van der Waals surface area (Å²) in [5, 5.41) is 9.25. The van der Waals surface area contributed by atoms with E-state index in [0.717, 1.165) is 35.6 Å². The van der Waals surface area contributed by atoms with E-state index in [4.69, 9.17) is 0 Å². The average Bonchev–Trinajstić information content (AvgIpc) is 2.44. The van der Waals surface area contributed by atoms with Crippen molar-refractivity contribution in [3.63, 3.8) is 0 Å². The molecule has 0 saturated carbocycles. The van der Waals surface area contributed by atoms with Gasteiger partial charge in [0.1, 0.15) is 0 Å². The number of rotatable bonds is 5. The normalized spacial score (nSPS) is 10.6. The molecular weight excluding hydrogens is 248 g/mol. The van der Waals surface area contributed by atoms with Gasteiger partial charge in [-0.2, -0.15) is 0 Å². The van der Waals surface area contributed by atoms with E-state index in [9.17, 15) is 5.11 Å². The molecule has 0 aliphatic carbocycles. The molecule has 0 bridgehead atoms. The molecule has 0 spiro atoms. The fourth-order valence-corrected chi connectivity index (χ4v) is 2.32. The lowest BCUT2D eigenvalue weighted by Gasteiger charge is -2.24. The molecular formula is C17H22N2O. The largest absolute Gasteiger partial charge is 0.392 e. The first-order valence-corrected chi connectivity index (χ1v) is 7.02. The van der Waals surface area contributed by atoms with Crippen LogP contribution in [0.4, 0.5) is 5.69 Å². The standard InChI is InChI=1S/C17H22N2O/c1-4-19(11-16-7-5-6-14(3)18-16)17-9-8-15(12-20)13(2)10-17/h5-10,20H,4,11-12H2,1-3H3. The number of hydrogen-bond acceptors (Lipinski definition) is 3. The molecule has 1 aromatic heterocycles. The fraction of sp³-hybridized carbons (Fsp3) is 0.353. The number of aliphatic hydroxyl groups excluding tert-OH is 1. The minimum absolute atomic E-state index is 0.0949. The summed E-state index contributed by atoms with van der Waals surface area (Å²) in [6.45, 7) is 8.01. The maximum Gasteiger partial charge on any atom is 0.0684 e. The van der Waals surface area contributed by atoms with Crippen LogP contribution in [0.3, 0.4) is 0 Å². The van der Waals surface area contributed by atoms with E-state index in [1.54, 1.807) is 0 Å². The molecule has 0 radical (unpaired) electrons. The van der Waals surface area contributed by atoms with Gasteiger partial charge in [-0.15, -0.1) is 0 Å². The van der Waals surface area contributed by atoms with Crippen molar-refractivity contribution in [2.75, 3.05) is 11.4 Å². The molecule has 0 atom stereocenters. The summed E-state index contributed by atoms with van der Waals surface area (Å²) in [6.07, 6.45) is 0. The third kappa shape index (κ3) is 3.36. The van der Waals surface area contributed by atoms with Crippen molar-refractivity contribution < 1.29 is 5.11 Å². The summed E-state index contributed by atoms with van der Waals surface area (Å²) >= 11 is 0. The Morgan fingerprint density at radius 3 is 2.55 bits per heavy atom. The minimum Gasteiger partial charge on any atom is -0.392 e. The summed E-state index contributed by atoms with van der Waals surface area (Å²) in [7, 11) is 0. The molecule has 0 aliphatic heterocycles. The third-order valence-corrected chi connectivity index (χ3v) is 3.54. The molecule has 3 nitrogen and oxygen atoms in total. The van der Waals surface area contributed by atoms with E-state index >= 15 is 0 Å². The van der Waals surface area contributed by atoms with E-state index in [1.807, 2.05) is 32.0 Å². The third-order valence-electron chi connectivity index (χ3n) is 3.54. The molecule has 1 N–H and O–H groups in total. The molecule has 1 aromatic carbocycles. The van der Waals surface area contributed by atoms with E-state index in [2.05, 4.69) is 35.0 Å². The number of benzene rings is 1. The molecule has 0 aliphatic rings. The summed E-state index contributed by atoms with van der Waals surface area (Å²) in [5.41, 5.74) is 5.41. The van der Waals surface area contributed by atoms with E-state index in [0.29, 0.717) is 0 Å². The van der Waals surface area contributed by atoms with Gasteiger partial charge in [-0.1, -0.05) is 12.1 Å². The molecule has 20 heavy (non-hydrogen) atoms. The molecule has 0 saturated heterocycles. The second-order valence-electron chi connectivity index (χ2n) is 5.05. The average molecular weight is 270 g/mol. The molecule has 2 aromatic rings. The van der Waals surface area contributed by atoms with Crippen LogP contribution in [-0.4, -0.2) is 16.6 Å². The van der Waals surface area contributed by atoms with Crippen LogP contribution in [0.5, 0.6) is 0 Å². The summed E-state index contributed by atoms with van der Waals surface area (Å²) in [4.78, 5) is 6.85. The number of aryl methyl sites for hydroxylation is 2. The fourth-order valence-electron chi connectivity index (χ4n) is 2.32. The van der Waals surface area contributed by atoms with Crippen molar-refractivity contribution in [3.05, 3.63) is 58.9 Å². The minimum atomic E-state index is 0.0949. The van der Waals surface area contributed by atoms with Gasteiger partial charge >= 0.3 is 0 Å².